The molecular formula is C23H25N3O3S. The Hall–Kier alpha value is -3.32. The van der Waals surface area contributed by atoms with E-state index in [9.17, 15) is 13.2 Å². The first-order valence-electron chi connectivity index (χ1n) is 9.44. The van der Waals surface area contributed by atoms with Gasteiger partial charge in [-0.2, -0.15) is 0 Å². The van der Waals surface area contributed by atoms with Crippen molar-refractivity contribution in [3.8, 4) is 0 Å². The second-order valence-corrected chi connectivity index (χ2v) is 9.00. The van der Waals surface area contributed by atoms with Crippen LogP contribution in [0.2, 0.25) is 0 Å². The van der Waals surface area contributed by atoms with Crippen LogP contribution in [0.15, 0.2) is 71.6 Å². The van der Waals surface area contributed by atoms with E-state index >= 15 is 0 Å². The minimum absolute atomic E-state index is 0.241. The second kappa shape index (κ2) is 8.59. The highest BCUT2D eigenvalue weighted by Gasteiger charge is 2.17. The van der Waals surface area contributed by atoms with Crippen molar-refractivity contribution in [2.45, 2.75) is 18.7 Å². The van der Waals surface area contributed by atoms with Crippen LogP contribution in [0.5, 0.6) is 0 Å². The molecule has 30 heavy (non-hydrogen) atoms. The molecule has 0 atom stereocenters. The van der Waals surface area contributed by atoms with Gasteiger partial charge < -0.3 is 10.2 Å². The fourth-order valence-electron chi connectivity index (χ4n) is 2.94. The zero-order chi connectivity index (χ0) is 21.9. The molecule has 0 aromatic heterocycles. The highest BCUT2D eigenvalue weighted by molar-refractivity contribution is 7.92. The summed E-state index contributed by atoms with van der Waals surface area (Å²) in [6.45, 7) is 3.60. The number of carbonyl (C=O) groups excluding carboxylic acids is 1. The van der Waals surface area contributed by atoms with Crippen LogP contribution in [0, 0.1) is 13.8 Å². The molecule has 1 amide bonds. The molecule has 0 saturated carbocycles. The van der Waals surface area contributed by atoms with Gasteiger partial charge in [-0.15, -0.1) is 0 Å². The van der Waals surface area contributed by atoms with Gasteiger partial charge in [0, 0.05) is 36.7 Å². The van der Waals surface area contributed by atoms with Crippen molar-refractivity contribution in [1.82, 2.24) is 0 Å². The van der Waals surface area contributed by atoms with E-state index in [0.29, 0.717) is 22.5 Å². The Labute approximate surface area is 177 Å². The molecule has 0 unspecified atom stereocenters. The molecule has 3 rings (SSSR count). The fourth-order valence-corrected chi connectivity index (χ4v) is 4.33. The predicted octanol–water partition coefficient (Wildman–Crippen LogP) is 4.42. The average Bonchev–Trinajstić information content (AvgIpc) is 2.70. The Kier molecular flexibility index (Phi) is 6.12. The second-order valence-electron chi connectivity index (χ2n) is 7.35. The number of hydrogen-bond acceptors (Lipinski definition) is 4. The zero-order valence-electron chi connectivity index (χ0n) is 17.4. The lowest BCUT2D eigenvalue weighted by atomic mass is 10.2. The van der Waals surface area contributed by atoms with Gasteiger partial charge in [-0.3, -0.25) is 9.52 Å². The first-order chi connectivity index (χ1) is 14.2. The molecule has 0 heterocycles. The summed E-state index contributed by atoms with van der Waals surface area (Å²) in [6.07, 6.45) is 0. The monoisotopic (exact) mass is 423 g/mol. The Morgan fingerprint density at radius 2 is 1.43 bits per heavy atom. The van der Waals surface area contributed by atoms with Gasteiger partial charge >= 0.3 is 0 Å². The molecule has 2 N–H and O–H groups in total. The highest BCUT2D eigenvalue weighted by Crippen LogP contribution is 2.21. The number of nitrogens with zero attached hydrogens (tertiary/aromatic N) is 1. The molecule has 0 saturated heterocycles. The smallest absolute Gasteiger partial charge is 0.262 e. The topological polar surface area (TPSA) is 78.5 Å². The average molecular weight is 424 g/mol. The van der Waals surface area contributed by atoms with Crippen LogP contribution in [-0.4, -0.2) is 28.4 Å². The Morgan fingerprint density at radius 3 is 2.03 bits per heavy atom. The number of rotatable bonds is 6. The first kappa shape index (κ1) is 21.4. The van der Waals surface area contributed by atoms with Gasteiger partial charge in [0.15, 0.2) is 0 Å². The van der Waals surface area contributed by atoms with E-state index in [1.807, 2.05) is 56.3 Å². The number of benzene rings is 3. The maximum atomic E-state index is 12.7. The van der Waals surface area contributed by atoms with Crippen molar-refractivity contribution in [1.29, 1.82) is 0 Å². The number of hydrogen-bond donors (Lipinski definition) is 2. The summed E-state index contributed by atoms with van der Waals surface area (Å²) in [5.74, 6) is -0.267. The van der Waals surface area contributed by atoms with Crippen molar-refractivity contribution >= 4 is 33.0 Å². The van der Waals surface area contributed by atoms with Gasteiger partial charge in [0.2, 0.25) is 0 Å². The molecule has 0 spiro atoms. The summed E-state index contributed by atoms with van der Waals surface area (Å²) in [7, 11) is 0.182. The van der Waals surface area contributed by atoms with Gasteiger partial charge in [-0.05, 0) is 79.6 Å². The van der Waals surface area contributed by atoms with Crippen molar-refractivity contribution in [2.24, 2.45) is 0 Å². The van der Waals surface area contributed by atoms with E-state index in [0.717, 1.165) is 11.3 Å². The highest BCUT2D eigenvalue weighted by atomic mass is 32.2. The molecule has 0 aliphatic rings. The van der Waals surface area contributed by atoms with Crippen molar-refractivity contribution in [3.05, 3.63) is 83.4 Å². The number of anilines is 3. The molecule has 3 aromatic carbocycles. The van der Waals surface area contributed by atoms with E-state index in [1.54, 1.807) is 43.3 Å². The summed E-state index contributed by atoms with van der Waals surface area (Å²) in [4.78, 5) is 14.7. The van der Waals surface area contributed by atoms with E-state index in [-0.39, 0.29) is 10.8 Å². The van der Waals surface area contributed by atoms with Gasteiger partial charge in [-0.1, -0.05) is 12.1 Å². The number of carbonyl (C=O) groups is 1. The van der Waals surface area contributed by atoms with E-state index in [1.165, 1.54) is 0 Å². The minimum Gasteiger partial charge on any atom is -0.378 e. The van der Waals surface area contributed by atoms with Crippen molar-refractivity contribution < 1.29 is 13.2 Å². The molecule has 0 bridgehead atoms. The zero-order valence-corrected chi connectivity index (χ0v) is 18.2. The van der Waals surface area contributed by atoms with E-state index in [2.05, 4.69) is 10.0 Å². The molecule has 6 nitrogen and oxygen atoms in total. The quantitative estimate of drug-likeness (QED) is 0.615. The van der Waals surface area contributed by atoms with Crippen LogP contribution in [0.4, 0.5) is 17.1 Å². The predicted molar refractivity (Wildman–Crippen MR) is 122 cm³/mol. The van der Waals surface area contributed by atoms with Crippen LogP contribution in [-0.2, 0) is 10.0 Å². The number of aryl methyl sites for hydroxylation is 2. The van der Waals surface area contributed by atoms with Gasteiger partial charge in [0.1, 0.15) is 0 Å². The minimum atomic E-state index is -3.71. The molecule has 7 heteroatoms. The summed E-state index contributed by atoms with van der Waals surface area (Å²) in [5, 5.41) is 2.84. The van der Waals surface area contributed by atoms with Crippen LogP contribution in [0.1, 0.15) is 21.5 Å². The molecule has 156 valence electrons. The van der Waals surface area contributed by atoms with Gasteiger partial charge in [0.25, 0.3) is 15.9 Å². The van der Waals surface area contributed by atoms with Crippen molar-refractivity contribution in [2.75, 3.05) is 29.0 Å². The van der Waals surface area contributed by atoms with E-state index in [4.69, 9.17) is 0 Å². The molecule has 3 aromatic rings. The van der Waals surface area contributed by atoms with Crippen molar-refractivity contribution in [3.63, 3.8) is 0 Å². The van der Waals surface area contributed by atoms with Crippen LogP contribution in [0.25, 0.3) is 0 Å². The normalized spacial score (nSPS) is 11.1. The van der Waals surface area contributed by atoms with Crippen LogP contribution >= 0.6 is 0 Å². The molecule has 0 aliphatic carbocycles. The van der Waals surface area contributed by atoms with Gasteiger partial charge in [-0.25, -0.2) is 8.42 Å². The third-order valence-electron chi connectivity index (χ3n) is 4.67. The molecular weight excluding hydrogens is 398 g/mol. The summed E-state index contributed by atoms with van der Waals surface area (Å²) in [5.41, 5.74) is 4.08. The SMILES string of the molecule is Cc1ccc(C)c(S(=O)(=O)Nc2ccc(C(=O)Nc3ccc(N(C)C)cc3)cc2)c1. The van der Waals surface area contributed by atoms with E-state index < -0.39 is 10.0 Å². The summed E-state index contributed by atoms with van der Waals surface area (Å²) < 4.78 is 28.0. The maximum Gasteiger partial charge on any atom is 0.262 e. The number of sulfonamides is 1. The first-order valence-corrected chi connectivity index (χ1v) is 10.9. The number of amides is 1. The van der Waals surface area contributed by atoms with Crippen LogP contribution < -0.4 is 14.9 Å². The summed E-state index contributed by atoms with van der Waals surface area (Å²) >= 11 is 0. The Bertz CT molecular complexity index is 1150. The van der Waals surface area contributed by atoms with Crippen LogP contribution in [0.3, 0.4) is 0 Å². The Balaban J connectivity index is 1.71. The number of nitrogens with one attached hydrogen (secondary N) is 2. The molecule has 0 radical (unpaired) electrons. The summed E-state index contributed by atoms with van der Waals surface area (Å²) in [6, 6.07) is 19.1. The van der Waals surface area contributed by atoms with Gasteiger partial charge in [0.05, 0.1) is 4.90 Å². The largest absolute Gasteiger partial charge is 0.378 e. The Morgan fingerprint density at radius 1 is 0.833 bits per heavy atom. The molecule has 0 fully saturated rings. The fraction of sp³-hybridized carbons (Fsp3) is 0.174. The standard InChI is InChI=1S/C23H25N3O3S/c1-16-5-6-17(2)22(15-16)30(28,29)25-20-9-7-18(8-10-20)23(27)24-19-11-13-21(14-12-19)26(3)4/h5-15,25H,1-4H3,(H,24,27). The third kappa shape index (κ3) is 4.99. The lowest BCUT2D eigenvalue weighted by molar-refractivity contribution is 0.102. The lowest BCUT2D eigenvalue weighted by Gasteiger charge is -2.13. The molecule has 0 aliphatic heterocycles. The maximum absolute atomic E-state index is 12.7. The lowest BCUT2D eigenvalue weighted by Crippen LogP contribution is -2.15. The third-order valence-corrected chi connectivity index (χ3v) is 6.20.